The molecule has 0 aliphatic rings. The second-order valence-electron chi connectivity index (χ2n) is 4.06. The molecule has 0 amide bonds. The van der Waals surface area contributed by atoms with E-state index in [1.807, 2.05) is 0 Å². The highest BCUT2D eigenvalue weighted by Crippen LogP contribution is 2.21. The van der Waals surface area contributed by atoms with Crippen molar-refractivity contribution in [3.05, 3.63) is 0 Å². The predicted octanol–water partition coefficient (Wildman–Crippen LogP) is -0.914. The first-order valence-electron chi connectivity index (χ1n) is 5.39. The lowest BCUT2D eigenvalue weighted by molar-refractivity contribution is -0.144. The maximum absolute atomic E-state index is 10.8. The van der Waals surface area contributed by atoms with Crippen molar-refractivity contribution in [3.63, 3.8) is 0 Å². The Morgan fingerprint density at radius 2 is 1.56 bits per heavy atom. The molecule has 0 aromatic carbocycles. The largest absolute Gasteiger partial charge is 0.481 e. The third-order valence-corrected chi connectivity index (χ3v) is 2.67. The molecular weight excluding hydrogens is 244 g/mol. The van der Waals surface area contributed by atoms with E-state index in [4.69, 9.17) is 21.1 Å². The number of rotatable bonds is 9. The minimum Gasteiger partial charge on any atom is -0.481 e. The lowest BCUT2D eigenvalue weighted by atomic mass is 9.82. The van der Waals surface area contributed by atoms with Gasteiger partial charge in [0, 0.05) is 6.04 Å². The molecule has 6 N–H and O–H groups in total. The lowest BCUT2D eigenvalue weighted by Crippen LogP contribution is -2.61. The van der Waals surface area contributed by atoms with Gasteiger partial charge in [-0.3, -0.25) is 19.7 Å². The molecule has 1 atom stereocenters. The maximum Gasteiger partial charge on any atom is 0.317 e. The van der Waals surface area contributed by atoms with Gasteiger partial charge in [-0.15, -0.1) is 0 Å². The Kier molecular flexibility index (Phi) is 6.28. The molecule has 0 saturated heterocycles. The molecule has 104 valence electrons. The van der Waals surface area contributed by atoms with Crippen LogP contribution >= 0.6 is 0 Å². The first-order chi connectivity index (χ1) is 8.23. The Balaban J connectivity index is 5.16. The molecule has 18 heavy (non-hydrogen) atoms. The third kappa shape index (κ3) is 5.11. The fraction of sp³-hybridized carbons (Fsp3) is 0.700. The van der Waals surface area contributed by atoms with Crippen LogP contribution in [-0.2, 0) is 14.4 Å². The number of nitrogens with one attached hydrogen (secondary N) is 1. The standard InChI is InChI=1S/C10H18N2O6/c1-2-6(11)10(3-7(13)14,4-8(15)16)12-5-9(17)18/h6,12H,2-5,11H2,1H3,(H,13,14)(H,15,16)(H,17,18). The Labute approximate surface area is 104 Å². The second-order valence-corrected chi connectivity index (χ2v) is 4.06. The summed E-state index contributed by atoms with van der Waals surface area (Å²) in [5, 5.41) is 28.7. The number of hydrogen-bond acceptors (Lipinski definition) is 5. The van der Waals surface area contributed by atoms with E-state index >= 15 is 0 Å². The van der Waals surface area contributed by atoms with Gasteiger partial charge < -0.3 is 21.1 Å². The van der Waals surface area contributed by atoms with E-state index in [-0.39, 0.29) is 0 Å². The summed E-state index contributed by atoms with van der Waals surface area (Å²) in [5.74, 6) is -3.69. The van der Waals surface area contributed by atoms with Crippen molar-refractivity contribution in [1.29, 1.82) is 0 Å². The van der Waals surface area contributed by atoms with Crippen molar-refractivity contribution in [2.75, 3.05) is 6.54 Å². The topological polar surface area (TPSA) is 150 Å². The van der Waals surface area contributed by atoms with Gasteiger partial charge in [-0.1, -0.05) is 6.92 Å². The van der Waals surface area contributed by atoms with Crippen molar-refractivity contribution in [1.82, 2.24) is 5.32 Å². The molecule has 0 fully saturated rings. The van der Waals surface area contributed by atoms with Gasteiger partial charge in [0.25, 0.3) is 0 Å². The van der Waals surface area contributed by atoms with E-state index in [1.54, 1.807) is 6.92 Å². The summed E-state index contributed by atoms with van der Waals surface area (Å²) in [6, 6.07) is -0.774. The van der Waals surface area contributed by atoms with Gasteiger partial charge in [0.2, 0.25) is 0 Å². The maximum atomic E-state index is 10.8. The highest BCUT2D eigenvalue weighted by atomic mass is 16.4. The zero-order valence-electron chi connectivity index (χ0n) is 10.0. The lowest BCUT2D eigenvalue weighted by Gasteiger charge is -2.37. The van der Waals surface area contributed by atoms with Gasteiger partial charge in [0.05, 0.1) is 24.9 Å². The summed E-state index contributed by atoms with van der Waals surface area (Å²) in [7, 11) is 0. The van der Waals surface area contributed by atoms with E-state index in [0.717, 1.165) is 0 Å². The minimum absolute atomic E-state index is 0.327. The van der Waals surface area contributed by atoms with E-state index in [1.165, 1.54) is 0 Å². The number of carboxylic acids is 3. The Morgan fingerprint density at radius 1 is 1.11 bits per heavy atom. The van der Waals surface area contributed by atoms with Crippen molar-refractivity contribution in [2.24, 2.45) is 5.73 Å². The fourth-order valence-corrected chi connectivity index (χ4v) is 1.76. The highest BCUT2D eigenvalue weighted by Gasteiger charge is 2.40. The van der Waals surface area contributed by atoms with Crippen LogP contribution in [0.15, 0.2) is 0 Å². The zero-order chi connectivity index (χ0) is 14.3. The molecule has 0 heterocycles. The first kappa shape index (κ1) is 16.3. The minimum atomic E-state index is -1.47. The third-order valence-electron chi connectivity index (χ3n) is 2.67. The van der Waals surface area contributed by atoms with Crippen LogP contribution in [0.5, 0.6) is 0 Å². The number of nitrogens with two attached hydrogens (primary N) is 1. The van der Waals surface area contributed by atoms with Gasteiger partial charge in [-0.2, -0.15) is 0 Å². The molecular formula is C10H18N2O6. The molecule has 0 aromatic heterocycles. The van der Waals surface area contributed by atoms with Gasteiger partial charge in [0.15, 0.2) is 0 Å². The quantitative estimate of drug-likeness (QED) is 0.358. The molecule has 0 aromatic rings. The Morgan fingerprint density at radius 3 is 1.83 bits per heavy atom. The van der Waals surface area contributed by atoms with Crippen LogP contribution in [0.25, 0.3) is 0 Å². The van der Waals surface area contributed by atoms with E-state index < -0.39 is 48.9 Å². The van der Waals surface area contributed by atoms with Gasteiger partial charge in [-0.05, 0) is 6.42 Å². The summed E-state index contributed by atoms with van der Waals surface area (Å²) in [6.45, 7) is 1.12. The molecule has 0 rings (SSSR count). The van der Waals surface area contributed by atoms with Crippen LogP contribution in [0.1, 0.15) is 26.2 Å². The Hall–Kier alpha value is -1.67. The summed E-state index contributed by atoms with van der Waals surface area (Å²) in [5.41, 5.74) is 4.29. The molecule has 0 spiro atoms. The Bertz CT molecular complexity index is 314. The smallest absolute Gasteiger partial charge is 0.317 e. The van der Waals surface area contributed by atoms with E-state index in [2.05, 4.69) is 5.32 Å². The van der Waals surface area contributed by atoms with E-state index in [0.29, 0.717) is 6.42 Å². The van der Waals surface area contributed by atoms with Crippen molar-refractivity contribution >= 4 is 17.9 Å². The fourth-order valence-electron chi connectivity index (χ4n) is 1.76. The SMILES string of the molecule is CCC(N)C(CC(=O)O)(CC(=O)O)NCC(=O)O. The molecule has 0 radical (unpaired) electrons. The average Bonchev–Trinajstić information content (AvgIpc) is 2.23. The van der Waals surface area contributed by atoms with Crippen LogP contribution in [0.3, 0.4) is 0 Å². The van der Waals surface area contributed by atoms with Crippen molar-refractivity contribution in [2.45, 2.75) is 37.8 Å². The molecule has 8 heteroatoms. The van der Waals surface area contributed by atoms with Crippen LogP contribution in [0.2, 0.25) is 0 Å². The van der Waals surface area contributed by atoms with Crippen LogP contribution in [0.4, 0.5) is 0 Å². The molecule has 0 saturated carbocycles. The number of carbonyl (C=O) groups is 3. The van der Waals surface area contributed by atoms with Gasteiger partial charge in [-0.25, -0.2) is 0 Å². The molecule has 0 bridgehead atoms. The van der Waals surface area contributed by atoms with Crippen molar-refractivity contribution in [3.8, 4) is 0 Å². The average molecular weight is 262 g/mol. The van der Waals surface area contributed by atoms with Crippen molar-refractivity contribution < 1.29 is 29.7 Å². The first-order valence-corrected chi connectivity index (χ1v) is 5.39. The van der Waals surface area contributed by atoms with Gasteiger partial charge in [0.1, 0.15) is 0 Å². The summed E-state index contributed by atoms with van der Waals surface area (Å²) in [6.07, 6.45) is -0.781. The summed E-state index contributed by atoms with van der Waals surface area (Å²) < 4.78 is 0. The van der Waals surface area contributed by atoms with E-state index in [9.17, 15) is 14.4 Å². The zero-order valence-corrected chi connectivity index (χ0v) is 10.0. The van der Waals surface area contributed by atoms with Gasteiger partial charge >= 0.3 is 17.9 Å². The molecule has 8 nitrogen and oxygen atoms in total. The second kappa shape index (κ2) is 6.92. The van der Waals surface area contributed by atoms with Crippen LogP contribution in [-0.4, -0.2) is 51.4 Å². The normalized spacial score (nSPS) is 13.0. The highest BCUT2D eigenvalue weighted by molar-refractivity contribution is 5.74. The molecule has 1 unspecified atom stereocenters. The predicted molar refractivity (Wildman–Crippen MR) is 61.1 cm³/mol. The number of carboxylic acid groups (broad SMARTS) is 3. The molecule has 0 aliphatic heterocycles. The monoisotopic (exact) mass is 262 g/mol. The summed E-state index contributed by atoms with van der Waals surface area (Å²) >= 11 is 0. The number of hydrogen-bond donors (Lipinski definition) is 5. The van der Waals surface area contributed by atoms with Crippen LogP contribution < -0.4 is 11.1 Å². The number of aliphatic carboxylic acids is 3. The van der Waals surface area contributed by atoms with Crippen LogP contribution in [0, 0.1) is 0 Å². The summed E-state index contributed by atoms with van der Waals surface area (Å²) in [4.78, 5) is 32.2. The molecule has 0 aliphatic carbocycles.